The predicted octanol–water partition coefficient (Wildman–Crippen LogP) is 8.90. The van der Waals surface area contributed by atoms with Crippen LogP contribution in [0.25, 0.3) is 33.8 Å². The number of pyridine rings is 1. The number of aromatic nitrogens is 4. The highest BCUT2D eigenvalue weighted by Gasteiger charge is 2.46. The third kappa shape index (κ3) is 4.45. The van der Waals surface area contributed by atoms with Gasteiger partial charge in [0.2, 0.25) is 5.69 Å². The van der Waals surface area contributed by atoms with E-state index >= 15 is 0 Å². The van der Waals surface area contributed by atoms with E-state index in [4.69, 9.17) is 0 Å². The molecule has 0 unspecified atom stereocenters. The molecule has 0 spiro atoms. The molecular weight excluding hydrogens is 526 g/mol. The average Bonchev–Trinajstić information content (AvgIpc) is 3.57. The zero-order valence-electron chi connectivity index (χ0n) is 24.6. The van der Waals surface area contributed by atoms with E-state index in [9.17, 15) is 0 Å². The Bertz CT molecular complexity index is 1880. The molecule has 0 atom stereocenters. The van der Waals surface area contributed by atoms with Crippen molar-refractivity contribution in [1.82, 2.24) is 15.0 Å². The third-order valence-corrected chi connectivity index (χ3v) is 8.84. The molecule has 5 nitrogen and oxygen atoms in total. The Morgan fingerprint density at radius 2 is 1.40 bits per heavy atom. The van der Waals surface area contributed by atoms with Gasteiger partial charge in [0, 0.05) is 53.2 Å². The largest absolute Gasteiger partial charge is 0.310 e. The number of fused-ring (bicyclic) bond motifs is 3. The van der Waals surface area contributed by atoms with Gasteiger partial charge in [-0.2, -0.15) is 4.57 Å². The van der Waals surface area contributed by atoms with Crippen LogP contribution in [0.4, 0.5) is 17.1 Å². The van der Waals surface area contributed by atoms with Gasteiger partial charge in [0.05, 0.1) is 17.4 Å². The quantitative estimate of drug-likeness (QED) is 0.183. The zero-order chi connectivity index (χ0) is 29.4. The summed E-state index contributed by atoms with van der Waals surface area (Å²) in [6.45, 7) is 9.11. The summed E-state index contributed by atoms with van der Waals surface area (Å²) >= 11 is 0. The lowest BCUT2D eigenvalue weighted by Crippen LogP contribution is -2.59. The number of allylic oxidation sites excluding steroid dienone is 1. The van der Waals surface area contributed by atoms with Crippen molar-refractivity contribution in [2.75, 3.05) is 4.90 Å². The molecule has 1 aliphatic rings. The number of anilines is 3. The van der Waals surface area contributed by atoms with Crippen molar-refractivity contribution >= 4 is 22.6 Å². The van der Waals surface area contributed by atoms with Crippen LogP contribution < -0.4 is 9.47 Å². The molecule has 0 saturated heterocycles. The summed E-state index contributed by atoms with van der Waals surface area (Å²) in [4.78, 5) is 2.26. The lowest BCUT2D eigenvalue weighted by atomic mass is 9.75. The number of rotatable bonds is 7. The van der Waals surface area contributed by atoms with E-state index in [1.165, 1.54) is 22.4 Å². The van der Waals surface area contributed by atoms with E-state index in [0.717, 1.165) is 46.8 Å². The van der Waals surface area contributed by atoms with Gasteiger partial charge in [-0.05, 0) is 60.2 Å². The second kappa shape index (κ2) is 10.8. The Balaban J connectivity index is 1.26. The minimum Gasteiger partial charge on any atom is -0.310 e. The molecule has 0 bridgehead atoms. The second-order valence-electron chi connectivity index (χ2n) is 11.0. The van der Waals surface area contributed by atoms with Crippen molar-refractivity contribution in [3.63, 3.8) is 0 Å². The summed E-state index contributed by atoms with van der Waals surface area (Å²) in [5.41, 5.74) is 10.6. The molecule has 210 valence electrons. The number of hydrogen-bond acceptors (Lipinski definition) is 3. The van der Waals surface area contributed by atoms with Gasteiger partial charge in [0.25, 0.3) is 0 Å². The highest BCUT2D eigenvalue weighted by atomic mass is 15.4. The van der Waals surface area contributed by atoms with Crippen LogP contribution in [0.15, 0.2) is 140 Å². The van der Waals surface area contributed by atoms with E-state index in [1.54, 1.807) is 0 Å². The van der Waals surface area contributed by atoms with Crippen molar-refractivity contribution < 1.29 is 4.57 Å². The van der Waals surface area contributed by atoms with Crippen LogP contribution in [0.5, 0.6) is 0 Å². The van der Waals surface area contributed by atoms with Crippen LogP contribution in [-0.4, -0.2) is 15.0 Å². The second-order valence-corrected chi connectivity index (χ2v) is 11.0. The lowest BCUT2D eigenvalue weighted by molar-refractivity contribution is -0.741. The Morgan fingerprint density at radius 1 is 0.721 bits per heavy atom. The molecule has 0 N–H and O–H groups in total. The smallest absolute Gasteiger partial charge is 0.213 e. The number of hydrogen-bond donors (Lipinski definition) is 0. The molecule has 5 heteroatoms. The van der Waals surface area contributed by atoms with E-state index in [1.807, 2.05) is 23.0 Å². The average molecular weight is 561 g/mol. The molecule has 0 amide bonds. The Morgan fingerprint density at radius 3 is 2.09 bits per heavy atom. The number of para-hydroxylation sites is 2. The molecule has 2 aromatic heterocycles. The summed E-state index contributed by atoms with van der Waals surface area (Å²) in [6.07, 6.45) is 6.18. The Labute approximate surface area is 253 Å². The maximum Gasteiger partial charge on any atom is 0.213 e. The van der Waals surface area contributed by atoms with Crippen molar-refractivity contribution in [2.45, 2.75) is 32.2 Å². The van der Waals surface area contributed by atoms with Gasteiger partial charge in [0.1, 0.15) is 5.69 Å². The summed E-state index contributed by atoms with van der Waals surface area (Å²) in [5, 5.41) is 9.16. The molecule has 7 rings (SSSR count). The Kier molecular flexibility index (Phi) is 6.71. The van der Waals surface area contributed by atoms with Crippen LogP contribution in [0.1, 0.15) is 32.3 Å². The van der Waals surface area contributed by atoms with Crippen LogP contribution >= 0.6 is 0 Å². The molecule has 0 aliphatic carbocycles. The topological polar surface area (TPSA) is 37.8 Å². The molecular formula is C38H34N5+. The van der Waals surface area contributed by atoms with Crippen molar-refractivity contribution in [3.8, 4) is 28.2 Å². The number of benzene rings is 4. The maximum absolute atomic E-state index is 4.60. The summed E-state index contributed by atoms with van der Waals surface area (Å²) in [7, 11) is 0. The van der Waals surface area contributed by atoms with E-state index in [2.05, 4.69) is 156 Å². The standard InChI is InChI=1S/C38H34N5/c1-4-38(5-2)28(3)34-23-22-32(26-35(34)37-21-12-13-24-41(37)38)42-27-36(39-40-42)29-15-14-20-33(25-29)43(30-16-8-6-9-17-30)31-18-10-7-11-19-31/h6-27H,3-5H2,1-2H3/q+1. The first-order valence-electron chi connectivity index (χ1n) is 14.9. The van der Waals surface area contributed by atoms with Crippen molar-refractivity contribution in [3.05, 3.63) is 146 Å². The monoisotopic (exact) mass is 560 g/mol. The van der Waals surface area contributed by atoms with Gasteiger partial charge < -0.3 is 4.90 Å². The van der Waals surface area contributed by atoms with Gasteiger partial charge in [-0.15, -0.1) is 5.10 Å². The van der Waals surface area contributed by atoms with E-state index in [-0.39, 0.29) is 5.54 Å². The fourth-order valence-electron chi connectivity index (χ4n) is 6.53. The fraction of sp³-hybridized carbons (Fsp3) is 0.132. The van der Waals surface area contributed by atoms with Gasteiger partial charge in [-0.3, -0.25) is 0 Å². The van der Waals surface area contributed by atoms with Crippen molar-refractivity contribution in [1.29, 1.82) is 0 Å². The minimum absolute atomic E-state index is 0.121. The van der Waals surface area contributed by atoms with Gasteiger partial charge >= 0.3 is 0 Å². The molecule has 0 radical (unpaired) electrons. The third-order valence-electron chi connectivity index (χ3n) is 8.84. The number of nitrogens with zero attached hydrogens (tertiary/aromatic N) is 5. The Hall–Kier alpha value is -5.29. The van der Waals surface area contributed by atoms with Gasteiger partial charge in [0.15, 0.2) is 11.7 Å². The summed E-state index contributed by atoms with van der Waals surface area (Å²) in [5.74, 6) is 0. The molecule has 43 heavy (non-hydrogen) atoms. The highest BCUT2D eigenvalue weighted by molar-refractivity contribution is 5.84. The van der Waals surface area contributed by atoms with E-state index < -0.39 is 0 Å². The first-order chi connectivity index (χ1) is 21.1. The van der Waals surface area contributed by atoms with Crippen molar-refractivity contribution in [2.24, 2.45) is 0 Å². The van der Waals surface area contributed by atoms with Crippen LogP contribution in [-0.2, 0) is 5.54 Å². The minimum atomic E-state index is -0.121. The fourth-order valence-corrected chi connectivity index (χ4v) is 6.53. The zero-order valence-corrected chi connectivity index (χ0v) is 24.6. The SMILES string of the molecule is C=C1c2ccc(-n3cc(-c4cccc(N(c5ccccc5)c5ccccc5)c4)nn3)cc2-c2cccc[n+]2C1(CC)CC. The first-order valence-corrected chi connectivity index (χ1v) is 14.9. The van der Waals surface area contributed by atoms with Crippen LogP contribution in [0.2, 0.25) is 0 Å². The highest BCUT2D eigenvalue weighted by Crippen LogP contribution is 2.44. The summed E-state index contributed by atoms with van der Waals surface area (Å²) in [6, 6.07) is 42.3. The van der Waals surface area contributed by atoms with Gasteiger partial charge in [-0.1, -0.05) is 80.2 Å². The molecule has 0 fully saturated rings. The molecule has 0 saturated carbocycles. The first kappa shape index (κ1) is 26.6. The molecule has 3 heterocycles. The van der Waals surface area contributed by atoms with Gasteiger partial charge in [-0.25, -0.2) is 4.68 Å². The lowest BCUT2D eigenvalue weighted by Gasteiger charge is -2.34. The van der Waals surface area contributed by atoms with E-state index in [0.29, 0.717) is 0 Å². The van der Waals surface area contributed by atoms with Crippen LogP contribution in [0.3, 0.4) is 0 Å². The summed E-state index contributed by atoms with van der Waals surface area (Å²) < 4.78 is 4.27. The maximum atomic E-state index is 4.60. The molecule has 6 aromatic rings. The molecule has 4 aromatic carbocycles. The molecule has 1 aliphatic heterocycles. The predicted molar refractivity (Wildman–Crippen MR) is 175 cm³/mol. The van der Waals surface area contributed by atoms with Crippen LogP contribution in [0, 0.1) is 0 Å². The normalized spacial score (nSPS) is 13.3.